The second-order valence-corrected chi connectivity index (χ2v) is 6.32. The Morgan fingerprint density at radius 1 is 1.24 bits per heavy atom. The molecule has 0 spiro atoms. The van der Waals surface area contributed by atoms with Gasteiger partial charge in [0.05, 0.1) is 5.69 Å². The first-order valence-electron chi connectivity index (χ1n) is 7.57. The number of hydrogen-bond acceptors (Lipinski definition) is 4. The highest BCUT2D eigenvalue weighted by atomic mass is 79.9. The maximum absolute atomic E-state index is 12.2. The molecule has 0 aliphatic carbocycles. The molecule has 3 rings (SSSR count). The Bertz CT molecular complexity index is 970. The first-order chi connectivity index (χ1) is 12.0. The van der Waals surface area contributed by atoms with Crippen LogP contribution in [0, 0.1) is 6.92 Å². The molecular weight excluding hydrogens is 384 g/mol. The Morgan fingerprint density at radius 2 is 2.08 bits per heavy atom. The van der Waals surface area contributed by atoms with E-state index in [1.807, 2.05) is 25.1 Å². The van der Waals surface area contributed by atoms with Gasteiger partial charge in [0.25, 0.3) is 5.56 Å². The number of anilines is 1. The highest BCUT2D eigenvalue weighted by Crippen LogP contribution is 2.20. The van der Waals surface area contributed by atoms with Crippen LogP contribution in [0.25, 0.3) is 11.3 Å². The van der Waals surface area contributed by atoms with E-state index in [9.17, 15) is 9.59 Å². The number of hydrogen-bond donors (Lipinski definition) is 1. The maximum Gasteiger partial charge on any atom is 0.267 e. The lowest BCUT2D eigenvalue weighted by molar-refractivity contribution is -0.117. The number of carbonyl (C=O) groups excluding carboxylic acids is 1. The number of halogens is 1. The van der Waals surface area contributed by atoms with Crippen molar-refractivity contribution in [3.05, 3.63) is 75.2 Å². The molecule has 3 aromatic rings. The molecule has 126 valence electrons. The van der Waals surface area contributed by atoms with Crippen LogP contribution in [0.15, 0.2) is 64.1 Å². The van der Waals surface area contributed by atoms with E-state index in [1.54, 1.807) is 30.6 Å². The molecule has 25 heavy (non-hydrogen) atoms. The molecule has 0 atom stereocenters. The van der Waals surface area contributed by atoms with Gasteiger partial charge in [0.1, 0.15) is 6.54 Å². The number of carbonyl (C=O) groups is 1. The van der Waals surface area contributed by atoms with E-state index in [0.717, 1.165) is 20.3 Å². The zero-order valence-electron chi connectivity index (χ0n) is 13.4. The summed E-state index contributed by atoms with van der Waals surface area (Å²) in [4.78, 5) is 28.3. The molecule has 0 radical (unpaired) electrons. The summed E-state index contributed by atoms with van der Waals surface area (Å²) in [6.45, 7) is 1.77. The lowest BCUT2D eigenvalue weighted by Crippen LogP contribution is -2.29. The fourth-order valence-corrected chi connectivity index (χ4v) is 2.54. The third kappa shape index (κ3) is 4.19. The molecule has 0 saturated carbocycles. The van der Waals surface area contributed by atoms with E-state index in [-0.39, 0.29) is 18.0 Å². The van der Waals surface area contributed by atoms with Crippen molar-refractivity contribution in [1.82, 2.24) is 14.8 Å². The average Bonchev–Trinajstić information content (AvgIpc) is 2.61. The maximum atomic E-state index is 12.2. The van der Waals surface area contributed by atoms with Crippen molar-refractivity contribution >= 4 is 27.5 Å². The molecule has 7 heteroatoms. The van der Waals surface area contributed by atoms with Crippen LogP contribution in [0.5, 0.6) is 0 Å². The zero-order chi connectivity index (χ0) is 17.8. The van der Waals surface area contributed by atoms with Gasteiger partial charge in [-0.05, 0) is 48.9 Å². The van der Waals surface area contributed by atoms with Crippen molar-refractivity contribution < 1.29 is 4.79 Å². The minimum atomic E-state index is -0.338. The molecular formula is C18H15BrN4O2. The number of pyridine rings is 1. The van der Waals surface area contributed by atoms with Gasteiger partial charge in [0.2, 0.25) is 5.91 Å². The summed E-state index contributed by atoms with van der Waals surface area (Å²) in [5.41, 5.74) is 2.70. The van der Waals surface area contributed by atoms with Gasteiger partial charge in [-0.2, -0.15) is 5.10 Å². The van der Waals surface area contributed by atoms with Gasteiger partial charge < -0.3 is 5.32 Å². The van der Waals surface area contributed by atoms with Gasteiger partial charge >= 0.3 is 0 Å². The second kappa shape index (κ2) is 7.40. The fraction of sp³-hybridized carbons (Fsp3) is 0.111. The smallest absolute Gasteiger partial charge is 0.267 e. The molecule has 1 amide bonds. The molecule has 0 aliphatic rings. The zero-order valence-corrected chi connectivity index (χ0v) is 15.0. The highest BCUT2D eigenvalue weighted by Gasteiger charge is 2.09. The lowest BCUT2D eigenvalue weighted by atomic mass is 10.2. The van der Waals surface area contributed by atoms with Crippen molar-refractivity contribution in [2.24, 2.45) is 0 Å². The summed E-state index contributed by atoms with van der Waals surface area (Å²) in [5.74, 6) is -0.320. The molecule has 0 bridgehead atoms. The molecule has 1 aromatic carbocycles. The minimum absolute atomic E-state index is 0.165. The van der Waals surface area contributed by atoms with Crippen LogP contribution in [0.1, 0.15) is 5.56 Å². The van der Waals surface area contributed by atoms with Crippen LogP contribution < -0.4 is 10.9 Å². The van der Waals surface area contributed by atoms with Crippen LogP contribution in [0.3, 0.4) is 0 Å². The Morgan fingerprint density at radius 3 is 2.80 bits per heavy atom. The predicted molar refractivity (Wildman–Crippen MR) is 99.2 cm³/mol. The Kier molecular flexibility index (Phi) is 5.04. The number of aryl methyl sites for hydroxylation is 1. The van der Waals surface area contributed by atoms with Crippen molar-refractivity contribution in [1.29, 1.82) is 0 Å². The van der Waals surface area contributed by atoms with E-state index >= 15 is 0 Å². The topological polar surface area (TPSA) is 76.9 Å². The number of amides is 1. The van der Waals surface area contributed by atoms with E-state index in [1.165, 1.54) is 6.07 Å². The normalized spacial score (nSPS) is 10.5. The molecule has 2 aromatic heterocycles. The number of aromatic nitrogens is 3. The summed E-state index contributed by atoms with van der Waals surface area (Å²) in [6, 6.07) is 12.1. The monoisotopic (exact) mass is 398 g/mol. The van der Waals surface area contributed by atoms with Crippen molar-refractivity contribution in [2.75, 3.05) is 5.32 Å². The second-order valence-electron chi connectivity index (χ2n) is 5.47. The van der Waals surface area contributed by atoms with Gasteiger partial charge in [0.15, 0.2) is 0 Å². The number of nitrogens with zero attached hydrogens (tertiary/aromatic N) is 3. The molecule has 0 fully saturated rings. The van der Waals surface area contributed by atoms with E-state index in [2.05, 4.69) is 31.3 Å². The van der Waals surface area contributed by atoms with Crippen LogP contribution >= 0.6 is 15.9 Å². The summed E-state index contributed by atoms with van der Waals surface area (Å²) < 4.78 is 2.11. The standard InChI is InChI=1S/C18H15BrN4O2/c1-12-9-14(4-5-15(12)19)21-17(24)11-23-18(25)7-6-16(22-23)13-3-2-8-20-10-13/h2-10H,11H2,1H3,(H,21,24). The van der Waals surface area contributed by atoms with Crippen LogP contribution in [-0.4, -0.2) is 20.7 Å². The Labute approximate surface area is 152 Å². The largest absolute Gasteiger partial charge is 0.324 e. The van der Waals surface area contributed by atoms with Crippen LogP contribution in [0.4, 0.5) is 5.69 Å². The third-order valence-corrected chi connectivity index (χ3v) is 4.45. The number of nitrogens with one attached hydrogen (secondary N) is 1. The molecule has 6 nitrogen and oxygen atoms in total. The van der Waals surface area contributed by atoms with Gasteiger partial charge in [0, 0.05) is 34.2 Å². The van der Waals surface area contributed by atoms with Crippen molar-refractivity contribution in [2.45, 2.75) is 13.5 Å². The lowest BCUT2D eigenvalue weighted by Gasteiger charge is -2.09. The minimum Gasteiger partial charge on any atom is -0.324 e. The summed E-state index contributed by atoms with van der Waals surface area (Å²) in [6.07, 6.45) is 3.31. The van der Waals surface area contributed by atoms with Gasteiger partial charge in [-0.1, -0.05) is 15.9 Å². The number of rotatable bonds is 4. The summed E-state index contributed by atoms with van der Waals surface area (Å²) >= 11 is 3.42. The SMILES string of the molecule is Cc1cc(NC(=O)Cn2nc(-c3cccnc3)ccc2=O)ccc1Br. The van der Waals surface area contributed by atoms with Gasteiger partial charge in [-0.25, -0.2) is 4.68 Å². The molecule has 0 saturated heterocycles. The summed E-state index contributed by atoms with van der Waals surface area (Å²) in [5, 5.41) is 7.02. The third-order valence-electron chi connectivity index (χ3n) is 3.56. The molecule has 0 aliphatic heterocycles. The highest BCUT2D eigenvalue weighted by molar-refractivity contribution is 9.10. The quantitative estimate of drug-likeness (QED) is 0.732. The molecule has 0 unspecified atom stereocenters. The van der Waals surface area contributed by atoms with E-state index < -0.39 is 0 Å². The van der Waals surface area contributed by atoms with Crippen LogP contribution in [-0.2, 0) is 11.3 Å². The Hall–Kier alpha value is -2.80. The summed E-state index contributed by atoms with van der Waals surface area (Å²) in [7, 11) is 0. The van der Waals surface area contributed by atoms with E-state index in [4.69, 9.17) is 0 Å². The van der Waals surface area contributed by atoms with Crippen LogP contribution in [0.2, 0.25) is 0 Å². The first-order valence-corrected chi connectivity index (χ1v) is 8.37. The van der Waals surface area contributed by atoms with Gasteiger partial charge in [-0.3, -0.25) is 14.6 Å². The van der Waals surface area contributed by atoms with Crippen molar-refractivity contribution in [3.63, 3.8) is 0 Å². The fourth-order valence-electron chi connectivity index (χ4n) is 2.29. The average molecular weight is 399 g/mol. The van der Waals surface area contributed by atoms with Crippen molar-refractivity contribution in [3.8, 4) is 11.3 Å². The number of benzene rings is 1. The predicted octanol–water partition coefficient (Wildman–Crippen LogP) is 3.01. The van der Waals surface area contributed by atoms with Gasteiger partial charge in [-0.15, -0.1) is 0 Å². The first kappa shape index (κ1) is 17.0. The van der Waals surface area contributed by atoms with E-state index in [0.29, 0.717) is 11.4 Å². The molecule has 1 N–H and O–H groups in total. The Balaban J connectivity index is 1.79. The molecule has 2 heterocycles.